The summed E-state index contributed by atoms with van der Waals surface area (Å²) >= 11 is 0. The number of aromatic nitrogens is 4. The first kappa shape index (κ1) is 29.5. The lowest BCUT2D eigenvalue weighted by Crippen LogP contribution is -2.46. The second-order valence-electron chi connectivity index (χ2n) is 9.37. The standard InChI is InChI=1S/C26H36F2N8O4/c27-17-12-20-21(15-32-23(20)31-14-17)24-33-16-22(28)25(36-24)34-18-2-1-3-19(13-18)35-26(37)30-5-7-39-9-11-40-10-8-38-6-4-29/h12,14-16,18-19H,1-11,13,29H2,(H,31,32)(H2,30,35,37)(H,33,34,36)/t18-,19+/m0/s1. The van der Waals surface area contributed by atoms with Gasteiger partial charge in [-0.15, -0.1) is 0 Å². The van der Waals surface area contributed by atoms with E-state index in [0.717, 1.165) is 31.7 Å². The molecule has 0 saturated heterocycles. The van der Waals surface area contributed by atoms with Crippen LogP contribution in [0.15, 0.2) is 24.7 Å². The maximum Gasteiger partial charge on any atom is 0.315 e. The van der Waals surface area contributed by atoms with Gasteiger partial charge in [-0.3, -0.25) is 0 Å². The number of ether oxygens (including phenoxy) is 3. The molecule has 6 N–H and O–H groups in total. The third-order valence-electron chi connectivity index (χ3n) is 6.37. The van der Waals surface area contributed by atoms with Gasteiger partial charge >= 0.3 is 6.03 Å². The van der Waals surface area contributed by atoms with Crippen LogP contribution in [0.1, 0.15) is 25.7 Å². The molecule has 2 amide bonds. The lowest BCUT2D eigenvalue weighted by molar-refractivity contribution is 0.0168. The van der Waals surface area contributed by atoms with Crippen LogP contribution in [0.5, 0.6) is 0 Å². The Balaban J connectivity index is 1.19. The van der Waals surface area contributed by atoms with Crippen molar-refractivity contribution in [2.45, 2.75) is 37.8 Å². The van der Waals surface area contributed by atoms with E-state index in [9.17, 15) is 13.6 Å². The lowest BCUT2D eigenvalue weighted by atomic mass is 9.91. The molecule has 1 aliphatic carbocycles. The molecule has 0 aliphatic heterocycles. The topological polar surface area (TPSA) is 161 Å². The van der Waals surface area contributed by atoms with Gasteiger partial charge in [0.25, 0.3) is 0 Å². The van der Waals surface area contributed by atoms with E-state index in [1.807, 2.05) is 0 Å². The highest BCUT2D eigenvalue weighted by Crippen LogP contribution is 2.28. The Morgan fingerprint density at radius 3 is 2.58 bits per heavy atom. The van der Waals surface area contributed by atoms with E-state index < -0.39 is 11.6 Å². The number of nitrogens with zero attached hydrogens (tertiary/aromatic N) is 3. The van der Waals surface area contributed by atoms with Crippen LogP contribution in [-0.4, -0.2) is 90.8 Å². The van der Waals surface area contributed by atoms with E-state index >= 15 is 0 Å². The minimum Gasteiger partial charge on any atom is -0.378 e. The minimum atomic E-state index is -0.592. The van der Waals surface area contributed by atoms with E-state index in [0.29, 0.717) is 75.7 Å². The number of carbonyl (C=O) groups excluding carboxylic acids is 1. The summed E-state index contributed by atoms with van der Waals surface area (Å²) in [5.41, 5.74) is 6.34. The molecular formula is C26H36F2N8O4. The Morgan fingerprint density at radius 1 is 1.02 bits per heavy atom. The van der Waals surface area contributed by atoms with Crippen LogP contribution in [0.25, 0.3) is 22.4 Å². The predicted molar refractivity (Wildman–Crippen MR) is 145 cm³/mol. The first-order valence-corrected chi connectivity index (χ1v) is 13.4. The Hall–Kier alpha value is -3.46. The van der Waals surface area contributed by atoms with Crippen LogP contribution in [0.4, 0.5) is 19.4 Å². The molecule has 3 aromatic rings. The van der Waals surface area contributed by atoms with Crippen LogP contribution in [-0.2, 0) is 14.2 Å². The van der Waals surface area contributed by atoms with Crippen molar-refractivity contribution in [1.82, 2.24) is 30.6 Å². The first-order chi connectivity index (χ1) is 19.5. The second kappa shape index (κ2) is 15.4. The fourth-order valence-corrected chi connectivity index (χ4v) is 4.50. The molecule has 0 bridgehead atoms. The molecule has 1 fully saturated rings. The number of carbonyl (C=O) groups is 1. The number of rotatable bonds is 15. The monoisotopic (exact) mass is 562 g/mol. The predicted octanol–water partition coefficient (Wildman–Crippen LogP) is 2.33. The average Bonchev–Trinajstić information content (AvgIpc) is 3.36. The van der Waals surface area contributed by atoms with Crippen molar-refractivity contribution in [2.75, 3.05) is 58.0 Å². The molecule has 3 heterocycles. The number of nitrogens with one attached hydrogen (secondary N) is 4. The van der Waals surface area contributed by atoms with Crippen molar-refractivity contribution in [3.8, 4) is 11.4 Å². The maximum atomic E-state index is 14.6. The normalized spacial score (nSPS) is 17.2. The molecule has 218 valence electrons. The highest BCUT2D eigenvalue weighted by molar-refractivity contribution is 5.91. The van der Waals surface area contributed by atoms with Gasteiger partial charge in [0.05, 0.1) is 52.0 Å². The highest BCUT2D eigenvalue weighted by atomic mass is 19.1. The smallest absolute Gasteiger partial charge is 0.315 e. The number of amides is 2. The number of H-pyrrole nitrogens is 1. The zero-order valence-corrected chi connectivity index (χ0v) is 22.3. The molecule has 14 heteroatoms. The number of pyridine rings is 1. The van der Waals surface area contributed by atoms with Crippen molar-refractivity contribution in [2.24, 2.45) is 5.73 Å². The summed E-state index contributed by atoms with van der Waals surface area (Å²) in [4.78, 5) is 27.8. The molecular weight excluding hydrogens is 526 g/mol. The molecule has 1 saturated carbocycles. The molecule has 1 aliphatic rings. The van der Waals surface area contributed by atoms with Crippen molar-refractivity contribution in [1.29, 1.82) is 0 Å². The molecule has 2 atom stereocenters. The summed E-state index contributed by atoms with van der Waals surface area (Å²) < 4.78 is 44.4. The first-order valence-electron chi connectivity index (χ1n) is 13.4. The van der Waals surface area contributed by atoms with Crippen molar-refractivity contribution >= 4 is 22.9 Å². The zero-order chi connectivity index (χ0) is 28.2. The van der Waals surface area contributed by atoms with E-state index in [1.54, 1.807) is 6.20 Å². The number of fused-ring (bicyclic) bond motifs is 1. The van der Waals surface area contributed by atoms with Crippen LogP contribution < -0.4 is 21.7 Å². The Bertz CT molecular complexity index is 1230. The third kappa shape index (κ3) is 8.78. The summed E-state index contributed by atoms with van der Waals surface area (Å²) in [5, 5.41) is 9.43. The maximum absolute atomic E-state index is 14.6. The number of nitrogens with two attached hydrogens (primary N) is 1. The van der Waals surface area contributed by atoms with E-state index in [4.69, 9.17) is 19.9 Å². The van der Waals surface area contributed by atoms with Gasteiger partial charge in [-0.25, -0.2) is 28.5 Å². The van der Waals surface area contributed by atoms with Gasteiger partial charge in [-0.2, -0.15) is 0 Å². The van der Waals surface area contributed by atoms with Crippen molar-refractivity contribution in [3.05, 3.63) is 36.3 Å². The molecule has 0 radical (unpaired) electrons. The SMILES string of the molecule is NCCOCCOCCOCCNC(=O)N[C@@H]1CCC[C@H](Nc2nc(-c3c[nH]c4ncc(F)cc34)ncc2F)C1. The number of hydrogen-bond donors (Lipinski definition) is 5. The number of halogens is 2. The fraction of sp³-hybridized carbons (Fsp3) is 0.538. The third-order valence-corrected chi connectivity index (χ3v) is 6.37. The van der Waals surface area contributed by atoms with Gasteiger partial charge in [-0.1, -0.05) is 0 Å². The Kier molecular flexibility index (Phi) is 11.3. The van der Waals surface area contributed by atoms with Crippen LogP contribution >= 0.6 is 0 Å². The Morgan fingerprint density at radius 2 is 1.77 bits per heavy atom. The average molecular weight is 563 g/mol. The lowest BCUT2D eigenvalue weighted by Gasteiger charge is -2.30. The van der Waals surface area contributed by atoms with Crippen LogP contribution in [0, 0.1) is 11.6 Å². The highest BCUT2D eigenvalue weighted by Gasteiger charge is 2.25. The van der Waals surface area contributed by atoms with Gasteiger partial charge in [0.2, 0.25) is 0 Å². The molecule has 4 rings (SSSR count). The van der Waals surface area contributed by atoms with Crippen LogP contribution in [0.2, 0.25) is 0 Å². The Labute approximate surface area is 230 Å². The number of aromatic amines is 1. The summed E-state index contributed by atoms with van der Waals surface area (Å²) in [6.07, 6.45) is 6.91. The molecule has 40 heavy (non-hydrogen) atoms. The van der Waals surface area contributed by atoms with Crippen LogP contribution in [0.3, 0.4) is 0 Å². The summed E-state index contributed by atoms with van der Waals surface area (Å²) in [7, 11) is 0. The number of hydrogen-bond acceptors (Lipinski definition) is 9. The molecule has 0 aromatic carbocycles. The van der Waals surface area contributed by atoms with Crippen molar-refractivity contribution < 1.29 is 27.8 Å². The molecule has 0 unspecified atom stereocenters. The van der Waals surface area contributed by atoms with Gasteiger partial charge < -0.3 is 40.9 Å². The fourth-order valence-electron chi connectivity index (χ4n) is 4.50. The number of urea groups is 1. The number of anilines is 1. The summed E-state index contributed by atoms with van der Waals surface area (Å²) in [6, 6.07) is 0.884. The molecule has 12 nitrogen and oxygen atoms in total. The van der Waals surface area contributed by atoms with E-state index in [1.165, 1.54) is 6.07 Å². The molecule has 0 spiro atoms. The zero-order valence-electron chi connectivity index (χ0n) is 22.3. The molecule has 3 aromatic heterocycles. The van der Waals surface area contributed by atoms with Gasteiger partial charge in [0.1, 0.15) is 11.5 Å². The van der Waals surface area contributed by atoms with E-state index in [-0.39, 0.29) is 29.8 Å². The summed E-state index contributed by atoms with van der Waals surface area (Å²) in [5.74, 6) is -0.774. The largest absolute Gasteiger partial charge is 0.378 e. The minimum absolute atomic E-state index is 0.0584. The van der Waals surface area contributed by atoms with Gasteiger partial charge in [0, 0.05) is 42.3 Å². The quantitative estimate of drug-likeness (QED) is 0.175. The second-order valence-corrected chi connectivity index (χ2v) is 9.37. The summed E-state index contributed by atoms with van der Waals surface area (Å²) in [6.45, 7) is 3.58. The van der Waals surface area contributed by atoms with Crippen molar-refractivity contribution in [3.63, 3.8) is 0 Å². The van der Waals surface area contributed by atoms with E-state index in [2.05, 4.69) is 35.9 Å². The van der Waals surface area contributed by atoms with Gasteiger partial charge in [-0.05, 0) is 31.7 Å². The van der Waals surface area contributed by atoms with Gasteiger partial charge in [0.15, 0.2) is 17.5 Å².